The van der Waals surface area contributed by atoms with Gasteiger partial charge in [-0.3, -0.25) is 9.59 Å². The van der Waals surface area contributed by atoms with E-state index in [1.807, 2.05) is 20.8 Å². The summed E-state index contributed by atoms with van der Waals surface area (Å²) in [5, 5.41) is 11.1. The molecular weight excluding hydrogens is 410 g/mol. The molecule has 0 spiro atoms. The van der Waals surface area contributed by atoms with Crippen LogP contribution in [0, 0.1) is 0 Å². The van der Waals surface area contributed by atoms with E-state index in [9.17, 15) is 14.7 Å². The first-order chi connectivity index (χ1) is 15.3. The topological polar surface area (TPSA) is 85.3 Å². The Hall–Kier alpha value is -3.48. The van der Waals surface area contributed by atoms with Crippen molar-refractivity contribution < 1.29 is 28.9 Å². The van der Waals surface area contributed by atoms with E-state index in [4.69, 9.17) is 14.2 Å². The number of likely N-dealkylation sites (tertiary alicyclic amines) is 1. The molecular formula is C25H29NO6. The second-order valence-corrected chi connectivity index (χ2v) is 7.80. The van der Waals surface area contributed by atoms with Crippen LogP contribution in [0.5, 0.6) is 17.2 Å². The maximum Gasteiger partial charge on any atom is 0.295 e. The molecule has 1 amide bonds. The largest absolute Gasteiger partial charge is 0.507 e. The number of carbonyl (C=O) groups is 2. The van der Waals surface area contributed by atoms with Gasteiger partial charge in [0.2, 0.25) is 0 Å². The van der Waals surface area contributed by atoms with Gasteiger partial charge >= 0.3 is 0 Å². The average Bonchev–Trinajstić information content (AvgIpc) is 3.03. The third-order valence-electron chi connectivity index (χ3n) is 5.23. The smallest absolute Gasteiger partial charge is 0.295 e. The predicted molar refractivity (Wildman–Crippen MR) is 121 cm³/mol. The number of nitrogens with zero attached hydrogens (tertiary/aromatic N) is 1. The minimum absolute atomic E-state index is 0.0128. The molecule has 1 N–H and O–H groups in total. The quantitative estimate of drug-likeness (QED) is 0.375. The molecule has 170 valence electrons. The Bertz CT molecular complexity index is 1030. The maximum atomic E-state index is 13.0. The summed E-state index contributed by atoms with van der Waals surface area (Å²) in [5.41, 5.74) is 1.13. The Morgan fingerprint density at radius 3 is 2.25 bits per heavy atom. The van der Waals surface area contributed by atoms with E-state index in [2.05, 4.69) is 0 Å². The number of hydrogen-bond acceptors (Lipinski definition) is 6. The molecule has 0 saturated carbocycles. The molecule has 1 saturated heterocycles. The van der Waals surface area contributed by atoms with Crippen molar-refractivity contribution in [2.24, 2.45) is 0 Å². The van der Waals surface area contributed by atoms with Crippen molar-refractivity contribution in [1.29, 1.82) is 0 Å². The molecule has 3 rings (SSSR count). The summed E-state index contributed by atoms with van der Waals surface area (Å²) in [6, 6.07) is 11.3. The summed E-state index contributed by atoms with van der Waals surface area (Å²) in [5.74, 6) is 0.0927. The molecule has 1 heterocycles. The van der Waals surface area contributed by atoms with E-state index in [1.165, 1.54) is 19.1 Å². The van der Waals surface area contributed by atoms with Crippen LogP contribution in [0.15, 0.2) is 48.0 Å². The lowest BCUT2D eigenvalue weighted by Gasteiger charge is -2.25. The third kappa shape index (κ3) is 4.42. The molecule has 0 aliphatic carbocycles. The Balaban J connectivity index is 2.12. The highest BCUT2D eigenvalue weighted by molar-refractivity contribution is 6.46. The third-order valence-corrected chi connectivity index (χ3v) is 5.23. The van der Waals surface area contributed by atoms with E-state index < -0.39 is 17.7 Å². The number of ether oxygens (including phenoxy) is 3. The molecule has 0 radical (unpaired) electrons. The molecule has 7 nitrogen and oxygen atoms in total. The molecule has 0 aromatic heterocycles. The van der Waals surface area contributed by atoms with E-state index in [0.29, 0.717) is 41.3 Å². The monoisotopic (exact) mass is 439 g/mol. The lowest BCUT2D eigenvalue weighted by atomic mass is 9.95. The van der Waals surface area contributed by atoms with Crippen LogP contribution in [0.1, 0.15) is 44.4 Å². The zero-order valence-corrected chi connectivity index (χ0v) is 19.0. The van der Waals surface area contributed by atoms with Crippen molar-refractivity contribution >= 4 is 17.4 Å². The first-order valence-corrected chi connectivity index (χ1v) is 10.6. The second-order valence-electron chi connectivity index (χ2n) is 7.80. The van der Waals surface area contributed by atoms with Gasteiger partial charge in [-0.25, -0.2) is 0 Å². The summed E-state index contributed by atoms with van der Waals surface area (Å²) in [6.07, 6.45) is 0.678. The number of aliphatic hydroxyl groups excluding tert-OH is 1. The van der Waals surface area contributed by atoms with E-state index in [1.54, 1.807) is 42.5 Å². The van der Waals surface area contributed by atoms with E-state index in [0.717, 1.165) is 0 Å². The molecule has 1 aliphatic rings. The van der Waals surface area contributed by atoms with Gasteiger partial charge in [0.25, 0.3) is 11.7 Å². The number of Topliss-reactive ketones (excluding diaryl/α,β-unsaturated/α-hetero) is 1. The molecule has 1 atom stereocenters. The molecule has 1 unspecified atom stereocenters. The van der Waals surface area contributed by atoms with Gasteiger partial charge in [-0.15, -0.1) is 0 Å². The highest BCUT2D eigenvalue weighted by atomic mass is 16.5. The fourth-order valence-electron chi connectivity index (χ4n) is 3.84. The van der Waals surface area contributed by atoms with Crippen LogP contribution in [0.4, 0.5) is 0 Å². The molecule has 0 bridgehead atoms. The van der Waals surface area contributed by atoms with Crippen molar-refractivity contribution in [2.75, 3.05) is 20.8 Å². The fraction of sp³-hybridized carbons (Fsp3) is 0.360. The Morgan fingerprint density at radius 1 is 1.03 bits per heavy atom. The number of amides is 1. The zero-order chi connectivity index (χ0) is 23.4. The van der Waals surface area contributed by atoms with Gasteiger partial charge in [-0.05, 0) is 62.2 Å². The predicted octanol–water partition coefficient (Wildman–Crippen LogP) is 4.32. The Kier molecular flexibility index (Phi) is 7.08. The first kappa shape index (κ1) is 23.2. The standard InChI is InChI=1S/C25H29NO6/c1-6-13-26-22(17-9-12-19(30-4)20(14-17)31-5)21(24(28)25(26)29)23(27)16-7-10-18(11-8-16)32-15(2)3/h7-12,14-15,22,27H,6,13H2,1-5H3/b23-21-. The first-order valence-electron chi connectivity index (χ1n) is 10.6. The summed E-state index contributed by atoms with van der Waals surface area (Å²) < 4.78 is 16.4. The molecule has 1 aliphatic heterocycles. The van der Waals surface area contributed by atoms with Crippen molar-refractivity contribution in [1.82, 2.24) is 4.90 Å². The van der Waals surface area contributed by atoms with Crippen molar-refractivity contribution in [2.45, 2.75) is 39.3 Å². The van der Waals surface area contributed by atoms with Gasteiger partial charge < -0.3 is 24.2 Å². The fourth-order valence-corrected chi connectivity index (χ4v) is 3.84. The van der Waals surface area contributed by atoms with Gasteiger partial charge in [0, 0.05) is 12.1 Å². The summed E-state index contributed by atoms with van der Waals surface area (Å²) in [6.45, 7) is 6.15. The highest BCUT2D eigenvalue weighted by Gasteiger charge is 2.45. The lowest BCUT2D eigenvalue weighted by molar-refractivity contribution is -0.139. The van der Waals surface area contributed by atoms with Crippen LogP contribution in [0.25, 0.3) is 5.76 Å². The molecule has 32 heavy (non-hydrogen) atoms. The van der Waals surface area contributed by atoms with Crippen LogP contribution in [0.2, 0.25) is 0 Å². The van der Waals surface area contributed by atoms with Crippen molar-refractivity contribution in [3.8, 4) is 17.2 Å². The van der Waals surface area contributed by atoms with Gasteiger partial charge in [0.15, 0.2) is 11.5 Å². The van der Waals surface area contributed by atoms with Gasteiger partial charge in [0.1, 0.15) is 11.5 Å². The van der Waals surface area contributed by atoms with Crippen LogP contribution in [-0.2, 0) is 9.59 Å². The molecule has 2 aromatic carbocycles. The normalized spacial score (nSPS) is 17.7. The summed E-state index contributed by atoms with van der Waals surface area (Å²) in [7, 11) is 3.05. The van der Waals surface area contributed by atoms with E-state index >= 15 is 0 Å². The Labute approximate surface area is 188 Å². The average molecular weight is 440 g/mol. The van der Waals surface area contributed by atoms with Gasteiger partial charge in [-0.2, -0.15) is 0 Å². The second kappa shape index (κ2) is 9.77. The Morgan fingerprint density at radius 2 is 1.69 bits per heavy atom. The number of benzene rings is 2. The summed E-state index contributed by atoms with van der Waals surface area (Å²) in [4.78, 5) is 27.3. The maximum absolute atomic E-state index is 13.0. The van der Waals surface area contributed by atoms with Crippen molar-refractivity contribution in [3.05, 3.63) is 59.2 Å². The molecule has 7 heteroatoms. The number of carbonyl (C=O) groups excluding carboxylic acids is 2. The molecule has 2 aromatic rings. The van der Waals surface area contributed by atoms with Crippen molar-refractivity contribution in [3.63, 3.8) is 0 Å². The minimum Gasteiger partial charge on any atom is -0.507 e. The zero-order valence-electron chi connectivity index (χ0n) is 19.0. The number of methoxy groups -OCH3 is 2. The number of rotatable bonds is 8. The lowest BCUT2D eigenvalue weighted by Crippen LogP contribution is -2.30. The van der Waals surface area contributed by atoms with Gasteiger partial charge in [-0.1, -0.05) is 13.0 Å². The van der Waals surface area contributed by atoms with Crippen LogP contribution < -0.4 is 14.2 Å². The molecule has 1 fully saturated rings. The SMILES string of the molecule is CCCN1C(=O)C(=O)/C(=C(\O)c2ccc(OC(C)C)cc2)C1c1ccc(OC)c(OC)c1. The van der Waals surface area contributed by atoms with Gasteiger partial charge in [0.05, 0.1) is 31.9 Å². The summed E-state index contributed by atoms with van der Waals surface area (Å²) >= 11 is 0. The number of hydrogen-bond donors (Lipinski definition) is 1. The number of aliphatic hydroxyl groups is 1. The minimum atomic E-state index is -0.735. The van der Waals surface area contributed by atoms with Crippen LogP contribution in [-0.4, -0.2) is 48.6 Å². The highest BCUT2D eigenvalue weighted by Crippen LogP contribution is 2.42. The van der Waals surface area contributed by atoms with Crippen LogP contribution >= 0.6 is 0 Å². The van der Waals surface area contributed by atoms with Crippen LogP contribution in [0.3, 0.4) is 0 Å². The van der Waals surface area contributed by atoms with E-state index in [-0.39, 0.29) is 17.4 Å². The number of ketones is 1.